The average Bonchev–Trinajstić information content (AvgIpc) is 2.97. The molecular weight excluding hydrogens is 378 g/mol. The fraction of sp³-hybridized carbons (Fsp3) is 0.471. The highest BCUT2D eigenvalue weighted by molar-refractivity contribution is 7.90. The molecule has 136 valence electrons. The number of hydrogen-bond acceptors (Lipinski definition) is 6. The normalized spacial score (nSPS) is 18.4. The summed E-state index contributed by atoms with van der Waals surface area (Å²) >= 11 is 7.25. The predicted molar refractivity (Wildman–Crippen MR) is 105 cm³/mol. The minimum atomic E-state index is -3.31. The topological polar surface area (TPSA) is 62.3 Å². The Morgan fingerprint density at radius 2 is 2.24 bits per heavy atom. The lowest BCUT2D eigenvalue weighted by Crippen LogP contribution is -2.34. The van der Waals surface area contributed by atoms with Crippen LogP contribution in [0.3, 0.4) is 0 Å². The Morgan fingerprint density at radius 3 is 2.88 bits per heavy atom. The fourth-order valence-corrected chi connectivity index (χ4v) is 4.91. The molecule has 1 saturated heterocycles. The van der Waals surface area contributed by atoms with E-state index in [1.54, 1.807) is 12.3 Å². The molecule has 1 aliphatic heterocycles. The van der Waals surface area contributed by atoms with Gasteiger partial charge in [-0.15, -0.1) is 11.3 Å². The van der Waals surface area contributed by atoms with Gasteiger partial charge in [-0.25, -0.2) is 13.4 Å². The molecule has 0 bridgehead atoms. The van der Waals surface area contributed by atoms with E-state index in [9.17, 15) is 8.42 Å². The molecule has 0 saturated carbocycles. The largest absolute Gasteiger partial charge is 0.379 e. The third-order valence-electron chi connectivity index (χ3n) is 4.36. The van der Waals surface area contributed by atoms with Crippen LogP contribution in [0.2, 0.25) is 4.47 Å². The van der Waals surface area contributed by atoms with Gasteiger partial charge < -0.3 is 10.2 Å². The molecule has 1 aromatic heterocycles. The molecule has 0 radical (unpaired) electrons. The van der Waals surface area contributed by atoms with Crippen LogP contribution in [-0.4, -0.2) is 32.7 Å². The Morgan fingerprint density at radius 1 is 1.44 bits per heavy atom. The predicted octanol–water partition coefficient (Wildman–Crippen LogP) is 4.05. The fourth-order valence-electron chi connectivity index (χ4n) is 3.15. The maximum Gasteiger partial charge on any atom is 0.183 e. The van der Waals surface area contributed by atoms with Gasteiger partial charge in [0, 0.05) is 36.1 Å². The summed E-state index contributed by atoms with van der Waals surface area (Å²) in [5.41, 5.74) is 1.69. The van der Waals surface area contributed by atoms with E-state index in [1.165, 1.54) is 24.0 Å². The van der Waals surface area contributed by atoms with E-state index in [2.05, 4.69) is 22.1 Å². The van der Waals surface area contributed by atoms with Crippen molar-refractivity contribution in [1.82, 2.24) is 4.98 Å². The molecule has 0 spiro atoms. The lowest BCUT2D eigenvalue weighted by molar-refractivity contribution is 0.447. The lowest BCUT2D eigenvalue weighted by atomic mass is 10.00. The summed E-state index contributed by atoms with van der Waals surface area (Å²) in [7, 11) is -3.31. The summed E-state index contributed by atoms with van der Waals surface area (Å²) < 4.78 is 24.7. The summed E-state index contributed by atoms with van der Waals surface area (Å²) in [6, 6.07) is 5.55. The Hall–Kier alpha value is -1.31. The summed E-state index contributed by atoms with van der Waals surface area (Å²) in [5.74, 6) is 0.652. The molecule has 3 rings (SSSR count). The molecule has 2 heterocycles. The standard InChI is InChI=1S/C17H22ClN3O2S2/c1-12-4-3-7-21(11-12)13-5-6-16(25(2,22)23)15(8-13)19-9-14-10-20-17(18)24-14/h5-6,8,10,12,19H,3-4,7,9,11H2,1-2H3. The van der Waals surface area contributed by atoms with Crippen LogP contribution in [0.15, 0.2) is 29.3 Å². The third-order valence-corrected chi connectivity index (χ3v) is 6.63. The molecule has 0 amide bonds. The van der Waals surface area contributed by atoms with Gasteiger partial charge in [-0.3, -0.25) is 0 Å². The van der Waals surface area contributed by atoms with Crippen molar-refractivity contribution in [2.75, 3.05) is 29.6 Å². The Bertz CT molecular complexity index is 851. The van der Waals surface area contributed by atoms with E-state index >= 15 is 0 Å². The van der Waals surface area contributed by atoms with Crippen LogP contribution in [0.1, 0.15) is 24.6 Å². The second kappa shape index (κ2) is 7.51. The quantitative estimate of drug-likeness (QED) is 0.821. The summed E-state index contributed by atoms with van der Waals surface area (Å²) in [4.78, 5) is 7.62. The first-order valence-electron chi connectivity index (χ1n) is 8.26. The third kappa shape index (κ3) is 4.65. The van der Waals surface area contributed by atoms with Gasteiger partial charge in [-0.05, 0) is 37.0 Å². The first kappa shape index (κ1) is 18.5. The van der Waals surface area contributed by atoms with E-state index < -0.39 is 9.84 Å². The van der Waals surface area contributed by atoms with E-state index in [-0.39, 0.29) is 0 Å². The van der Waals surface area contributed by atoms with Gasteiger partial charge in [-0.2, -0.15) is 0 Å². The molecule has 1 atom stereocenters. The molecule has 1 aliphatic rings. The molecule has 25 heavy (non-hydrogen) atoms. The zero-order chi connectivity index (χ0) is 18.0. The van der Waals surface area contributed by atoms with E-state index in [4.69, 9.17) is 11.6 Å². The maximum atomic E-state index is 12.1. The number of piperidine rings is 1. The molecule has 0 aliphatic carbocycles. The summed E-state index contributed by atoms with van der Waals surface area (Å²) in [6.07, 6.45) is 5.35. The van der Waals surface area contributed by atoms with Crippen LogP contribution in [0, 0.1) is 5.92 Å². The SMILES string of the molecule is CC1CCCN(c2ccc(S(C)(=O)=O)c(NCc3cnc(Cl)s3)c2)C1. The van der Waals surface area contributed by atoms with Crippen molar-refractivity contribution in [2.45, 2.75) is 31.2 Å². The summed E-state index contributed by atoms with van der Waals surface area (Å²) in [6.45, 7) is 4.76. The number of thiazole rings is 1. The van der Waals surface area contributed by atoms with E-state index in [0.29, 0.717) is 27.5 Å². The van der Waals surface area contributed by atoms with Crippen molar-refractivity contribution in [3.05, 3.63) is 33.7 Å². The average molecular weight is 400 g/mol. The van der Waals surface area contributed by atoms with Gasteiger partial charge >= 0.3 is 0 Å². The van der Waals surface area contributed by atoms with Crippen molar-refractivity contribution < 1.29 is 8.42 Å². The van der Waals surface area contributed by atoms with Gasteiger partial charge in [-0.1, -0.05) is 18.5 Å². The number of hydrogen-bond donors (Lipinski definition) is 1. The highest BCUT2D eigenvalue weighted by Gasteiger charge is 2.20. The second-order valence-electron chi connectivity index (χ2n) is 6.58. The molecule has 1 unspecified atom stereocenters. The number of nitrogens with zero attached hydrogens (tertiary/aromatic N) is 2. The number of rotatable bonds is 5. The van der Waals surface area contributed by atoms with Gasteiger partial charge in [0.15, 0.2) is 14.3 Å². The van der Waals surface area contributed by atoms with Gasteiger partial charge in [0.2, 0.25) is 0 Å². The van der Waals surface area contributed by atoms with E-state index in [0.717, 1.165) is 30.1 Å². The van der Waals surface area contributed by atoms with Crippen molar-refractivity contribution in [2.24, 2.45) is 5.92 Å². The first-order valence-corrected chi connectivity index (χ1v) is 11.3. The van der Waals surface area contributed by atoms with Crippen molar-refractivity contribution in [3.8, 4) is 0 Å². The van der Waals surface area contributed by atoms with Gasteiger partial charge in [0.1, 0.15) is 0 Å². The zero-order valence-electron chi connectivity index (χ0n) is 14.3. The highest BCUT2D eigenvalue weighted by Crippen LogP contribution is 2.31. The Kier molecular flexibility index (Phi) is 5.55. The monoisotopic (exact) mass is 399 g/mol. The number of nitrogens with one attached hydrogen (secondary N) is 1. The molecule has 1 aromatic carbocycles. The van der Waals surface area contributed by atoms with Gasteiger partial charge in [0.05, 0.1) is 17.1 Å². The van der Waals surface area contributed by atoms with Crippen LogP contribution >= 0.6 is 22.9 Å². The molecule has 1 fully saturated rings. The van der Waals surface area contributed by atoms with Crippen molar-refractivity contribution in [1.29, 1.82) is 0 Å². The van der Waals surface area contributed by atoms with Crippen molar-refractivity contribution >= 4 is 44.1 Å². The molecule has 8 heteroatoms. The number of anilines is 2. The Balaban J connectivity index is 1.87. The highest BCUT2D eigenvalue weighted by atomic mass is 35.5. The Labute approximate surface area is 158 Å². The van der Waals surface area contributed by atoms with Crippen LogP contribution in [0.4, 0.5) is 11.4 Å². The van der Waals surface area contributed by atoms with E-state index in [1.807, 2.05) is 12.1 Å². The first-order chi connectivity index (χ1) is 11.8. The van der Waals surface area contributed by atoms with Crippen LogP contribution in [-0.2, 0) is 16.4 Å². The van der Waals surface area contributed by atoms with Crippen LogP contribution in [0.25, 0.3) is 0 Å². The number of halogens is 1. The minimum absolute atomic E-state index is 0.317. The summed E-state index contributed by atoms with van der Waals surface area (Å²) in [5, 5.41) is 3.25. The molecule has 5 nitrogen and oxygen atoms in total. The maximum absolute atomic E-state index is 12.1. The van der Waals surface area contributed by atoms with Gasteiger partial charge in [0.25, 0.3) is 0 Å². The lowest BCUT2D eigenvalue weighted by Gasteiger charge is -2.33. The van der Waals surface area contributed by atoms with Crippen molar-refractivity contribution in [3.63, 3.8) is 0 Å². The molecule has 1 N–H and O–H groups in total. The zero-order valence-corrected chi connectivity index (χ0v) is 16.7. The van der Waals surface area contributed by atoms with Crippen LogP contribution in [0.5, 0.6) is 0 Å². The number of sulfone groups is 1. The number of aromatic nitrogens is 1. The number of benzene rings is 1. The van der Waals surface area contributed by atoms with Crippen LogP contribution < -0.4 is 10.2 Å². The molecule has 2 aromatic rings. The molecular formula is C17H22ClN3O2S2. The second-order valence-corrected chi connectivity index (χ2v) is 10.3. The minimum Gasteiger partial charge on any atom is -0.379 e. The smallest absolute Gasteiger partial charge is 0.183 e.